The summed E-state index contributed by atoms with van der Waals surface area (Å²) in [6.07, 6.45) is 4.30. The maximum Gasteiger partial charge on any atom is 0.410 e. The number of hydrogen-bond acceptors (Lipinski definition) is 7. The van der Waals surface area contributed by atoms with Gasteiger partial charge in [0.15, 0.2) is 0 Å². The molecule has 3 heterocycles. The summed E-state index contributed by atoms with van der Waals surface area (Å²) in [5, 5.41) is 3.04. The van der Waals surface area contributed by atoms with Crippen molar-refractivity contribution in [2.45, 2.75) is 63.8 Å². The number of nitrogens with zero attached hydrogens (tertiary/aromatic N) is 3. The van der Waals surface area contributed by atoms with Crippen LogP contribution in [0.5, 0.6) is 5.88 Å². The molecule has 1 saturated carbocycles. The summed E-state index contributed by atoms with van der Waals surface area (Å²) >= 11 is 0. The van der Waals surface area contributed by atoms with E-state index in [-0.39, 0.29) is 36.2 Å². The van der Waals surface area contributed by atoms with Crippen molar-refractivity contribution >= 4 is 17.6 Å². The minimum absolute atomic E-state index is 0.0751. The Bertz CT molecular complexity index is 1000. The maximum atomic E-state index is 14.3. The SMILES string of the molecule is Cc1ccc(Nc2ncnc(OC3CC4COCC(C3)N4C(=O)OC3CC3)c2C)c(F)c1. The highest BCUT2D eigenvalue weighted by atomic mass is 19.1. The molecule has 8 nitrogen and oxygen atoms in total. The zero-order valence-corrected chi connectivity index (χ0v) is 18.2. The highest BCUT2D eigenvalue weighted by Crippen LogP contribution is 2.34. The van der Waals surface area contributed by atoms with Crippen LogP contribution < -0.4 is 10.1 Å². The van der Waals surface area contributed by atoms with Crippen LogP contribution >= 0.6 is 0 Å². The fourth-order valence-electron chi connectivity index (χ4n) is 4.33. The lowest BCUT2D eigenvalue weighted by Gasteiger charge is -2.47. The minimum Gasteiger partial charge on any atom is -0.474 e. The van der Waals surface area contributed by atoms with Gasteiger partial charge >= 0.3 is 6.09 Å². The Morgan fingerprint density at radius 2 is 1.91 bits per heavy atom. The lowest BCUT2D eigenvalue weighted by molar-refractivity contribution is -0.0915. The maximum absolute atomic E-state index is 14.3. The van der Waals surface area contributed by atoms with Gasteiger partial charge in [-0.3, -0.25) is 4.90 Å². The third-order valence-electron chi connectivity index (χ3n) is 6.17. The molecule has 9 heteroatoms. The van der Waals surface area contributed by atoms with Gasteiger partial charge in [0.25, 0.3) is 0 Å². The van der Waals surface area contributed by atoms with E-state index < -0.39 is 0 Å². The number of aryl methyl sites for hydroxylation is 1. The molecule has 2 aromatic rings. The first-order valence-electron chi connectivity index (χ1n) is 11.1. The lowest BCUT2D eigenvalue weighted by atomic mass is 9.92. The van der Waals surface area contributed by atoms with Gasteiger partial charge in [0, 0.05) is 12.8 Å². The van der Waals surface area contributed by atoms with E-state index in [0.29, 0.717) is 49.0 Å². The Balaban J connectivity index is 1.28. The number of carbonyl (C=O) groups is 1. The Kier molecular flexibility index (Phi) is 5.58. The first-order chi connectivity index (χ1) is 15.5. The second-order valence-corrected chi connectivity index (χ2v) is 8.81. The number of ether oxygens (including phenoxy) is 3. The Labute approximate surface area is 186 Å². The molecule has 1 aliphatic carbocycles. The highest BCUT2D eigenvalue weighted by Gasteiger charge is 2.44. The number of piperidine rings is 1. The van der Waals surface area contributed by atoms with Crippen LogP contribution in [0.2, 0.25) is 0 Å². The molecule has 2 aliphatic heterocycles. The third-order valence-corrected chi connectivity index (χ3v) is 6.17. The number of amides is 1. The molecule has 1 aromatic heterocycles. The van der Waals surface area contributed by atoms with Gasteiger partial charge < -0.3 is 19.5 Å². The van der Waals surface area contributed by atoms with Gasteiger partial charge in [-0.15, -0.1) is 0 Å². The molecule has 32 heavy (non-hydrogen) atoms. The molecule has 2 unspecified atom stereocenters. The Morgan fingerprint density at radius 3 is 2.59 bits per heavy atom. The largest absolute Gasteiger partial charge is 0.474 e. The van der Waals surface area contributed by atoms with E-state index >= 15 is 0 Å². The number of anilines is 2. The van der Waals surface area contributed by atoms with Crippen molar-refractivity contribution in [2.75, 3.05) is 18.5 Å². The van der Waals surface area contributed by atoms with Gasteiger partial charge in [-0.1, -0.05) is 6.07 Å². The first-order valence-corrected chi connectivity index (χ1v) is 11.1. The molecule has 2 atom stereocenters. The molecular formula is C23H27FN4O4. The average molecular weight is 442 g/mol. The van der Waals surface area contributed by atoms with Gasteiger partial charge in [0.05, 0.1) is 36.5 Å². The lowest BCUT2D eigenvalue weighted by Crippen LogP contribution is -2.61. The summed E-state index contributed by atoms with van der Waals surface area (Å²) in [6, 6.07) is 4.83. The summed E-state index contributed by atoms with van der Waals surface area (Å²) in [5.74, 6) is 0.600. The van der Waals surface area contributed by atoms with Gasteiger partial charge in [-0.2, -0.15) is 0 Å². The standard InChI is InChI=1S/C23H27FN4O4/c1-13-3-6-20(19(24)7-13)27-21-14(2)22(26-12-25-21)31-18-8-15-10-30-11-16(9-18)28(15)23(29)32-17-4-5-17/h3,6-7,12,15-18H,4-5,8-11H2,1-2H3,(H,25,26,27). The van der Waals surface area contributed by atoms with Crippen molar-refractivity contribution in [2.24, 2.45) is 0 Å². The van der Waals surface area contributed by atoms with Crippen LogP contribution in [-0.2, 0) is 9.47 Å². The van der Waals surface area contributed by atoms with Crippen molar-refractivity contribution in [3.05, 3.63) is 41.5 Å². The summed E-state index contributed by atoms with van der Waals surface area (Å²) in [5.41, 5.74) is 1.89. The van der Waals surface area contributed by atoms with Crippen LogP contribution in [0.15, 0.2) is 24.5 Å². The molecule has 2 bridgehead atoms. The summed E-state index contributed by atoms with van der Waals surface area (Å²) in [6.45, 7) is 4.62. The molecule has 1 N–H and O–H groups in total. The first kappa shape index (κ1) is 20.9. The second kappa shape index (κ2) is 8.54. The van der Waals surface area contributed by atoms with E-state index in [2.05, 4.69) is 15.3 Å². The van der Waals surface area contributed by atoms with Crippen molar-refractivity contribution in [3.8, 4) is 5.88 Å². The van der Waals surface area contributed by atoms with Crippen LogP contribution in [0.3, 0.4) is 0 Å². The van der Waals surface area contributed by atoms with E-state index in [1.165, 1.54) is 12.4 Å². The van der Waals surface area contributed by atoms with Gasteiger partial charge in [-0.05, 0) is 44.4 Å². The molecular weight excluding hydrogens is 415 g/mol. The molecule has 2 saturated heterocycles. The quantitative estimate of drug-likeness (QED) is 0.752. The summed E-state index contributed by atoms with van der Waals surface area (Å²) in [4.78, 5) is 23.0. The molecule has 1 amide bonds. The monoisotopic (exact) mass is 442 g/mol. The van der Waals surface area contributed by atoms with Crippen LogP contribution in [-0.4, -0.2) is 58.5 Å². The summed E-state index contributed by atoms with van der Waals surface area (Å²) < 4.78 is 31.7. The topological polar surface area (TPSA) is 85.8 Å². The fraction of sp³-hybridized carbons (Fsp3) is 0.522. The van der Waals surface area contributed by atoms with E-state index in [4.69, 9.17) is 14.2 Å². The zero-order valence-electron chi connectivity index (χ0n) is 18.2. The average Bonchev–Trinajstić information content (AvgIpc) is 3.56. The van der Waals surface area contributed by atoms with E-state index in [9.17, 15) is 9.18 Å². The van der Waals surface area contributed by atoms with E-state index in [1.807, 2.05) is 24.8 Å². The number of fused-ring (bicyclic) bond motifs is 2. The van der Waals surface area contributed by atoms with E-state index in [1.54, 1.807) is 6.07 Å². The van der Waals surface area contributed by atoms with Gasteiger partial charge in [-0.25, -0.2) is 19.2 Å². The number of hydrogen-bond donors (Lipinski definition) is 1. The van der Waals surface area contributed by atoms with E-state index in [0.717, 1.165) is 18.4 Å². The number of halogens is 1. The second-order valence-electron chi connectivity index (χ2n) is 8.81. The number of benzene rings is 1. The molecule has 0 radical (unpaired) electrons. The normalized spacial score (nSPS) is 24.7. The van der Waals surface area contributed by atoms with Crippen LogP contribution in [0.4, 0.5) is 20.7 Å². The molecule has 5 rings (SSSR count). The van der Waals surface area contributed by atoms with Crippen molar-refractivity contribution in [3.63, 3.8) is 0 Å². The molecule has 0 spiro atoms. The summed E-state index contributed by atoms with van der Waals surface area (Å²) in [7, 11) is 0. The minimum atomic E-state index is -0.344. The van der Waals surface area contributed by atoms with Crippen LogP contribution in [0, 0.1) is 19.7 Å². The molecule has 3 aliphatic rings. The smallest absolute Gasteiger partial charge is 0.410 e. The number of carbonyl (C=O) groups excluding carboxylic acids is 1. The molecule has 170 valence electrons. The van der Waals surface area contributed by atoms with Gasteiger partial charge in [0.1, 0.15) is 30.2 Å². The van der Waals surface area contributed by atoms with Crippen molar-refractivity contribution in [1.29, 1.82) is 0 Å². The number of rotatable bonds is 5. The fourth-order valence-corrected chi connectivity index (χ4v) is 4.33. The Hall–Kier alpha value is -2.94. The molecule has 1 aromatic carbocycles. The van der Waals surface area contributed by atoms with Crippen LogP contribution in [0.1, 0.15) is 36.8 Å². The molecule has 3 fully saturated rings. The van der Waals surface area contributed by atoms with Crippen molar-refractivity contribution < 1.29 is 23.4 Å². The predicted octanol–water partition coefficient (Wildman–Crippen LogP) is 3.89. The highest BCUT2D eigenvalue weighted by molar-refractivity contribution is 5.69. The number of aromatic nitrogens is 2. The number of morpholine rings is 1. The predicted molar refractivity (Wildman–Crippen MR) is 115 cm³/mol. The third kappa shape index (κ3) is 4.34. The zero-order chi connectivity index (χ0) is 22.2. The van der Waals surface area contributed by atoms with Crippen LogP contribution in [0.25, 0.3) is 0 Å². The van der Waals surface area contributed by atoms with Crippen molar-refractivity contribution in [1.82, 2.24) is 14.9 Å². The van der Waals surface area contributed by atoms with Gasteiger partial charge in [0.2, 0.25) is 5.88 Å². The Morgan fingerprint density at radius 1 is 1.16 bits per heavy atom. The number of nitrogens with one attached hydrogen (secondary N) is 1.